The Hall–Kier alpha value is -1.61. The van der Waals surface area contributed by atoms with Gasteiger partial charge in [0.1, 0.15) is 5.82 Å². The molecule has 2 aromatic rings. The van der Waals surface area contributed by atoms with Gasteiger partial charge in [-0.3, -0.25) is 4.79 Å². The molecule has 156 valence electrons. The topological polar surface area (TPSA) is 66.5 Å². The molecule has 3 rings (SSSR count). The van der Waals surface area contributed by atoms with E-state index in [1.165, 1.54) is 23.9 Å². The molecule has 0 aliphatic carbocycles. The second-order valence-corrected chi connectivity index (χ2v) is 9.87. The summed E-state index contributed by atoms with van der Waals surface area (Å²) in [4.78, 5) is 13.8. The largest absolute Gasteiger partial charge is 0.312 e. The summed E-state index contributed by atoms with van der Waals surface area (Å²) < 4.78 is 41.4. The van der Waals surface area contributed by atoms with Gasteiger partial charge in [0.05, 0.1) is 4.90 Å². The summed E-state index contributed by atoms with van der Waals surface area (Å²) in [6.07, 6.45) is 1.06. The zero-order chi connectivity index (χ0) is 21.0. The van der Waals surface area contributed by atoms with Crippen molar-refractivity contribution in [3.05, 3.63) is 58.4 Å². The maximum atomic E-state index is 13.7. The van der Waals surface area contributed by atoms with Crippen LogP contribution in [0.1, 0.15) is 24.5 Å². The van der Waals surface area contributed by atoms with E-state index in [-0.39, 0.29) is 23.2 Å². The molecule has 1 aliphatic heterocycles. The van der Waals surface area contributed by atoms with Crippen LogP contribution in [-0.2, 0) is 27.0 Å². The molecule has 1 amide bonds. The van der Waals surface area contributed by atoms with Gasteiger partial charge in [-0.2, -0.15) is 11.8 Å². The van der Waals surface area contributed by atoms with E-state index < -0.39 is 10.0 Å². The lowest BCUT2D eigenvalue weighted by Gasteiger charge is -2.16. The van der Waals surface area contributed by atoms with Crippen molar-refractivity contribution in [1.29, 1.82) is 0 Å². The van der Waals surface area contributed by atoms with E-state index in [4.69, 9.17) is 11.6 Å². The van der Waals surface area contributed by atoms with Gasteiger partial charge in [0.25, 0.3) is 0 Å². The van der Waals surface area contributed by atoms with E-state index in [0.717, 1.165) is 11.3 Å². The van der Waals surface area contributed by atoms with Crippen LogP contribution < -0.4 is 9.62 Å². The van der Waals surface area contributed by atoms with Crippen LogP contribution in [0, 0.1) is 5.82 Å². The predicted octanol–water partition coefficient (Wildman–Crippen LogP) is 3.99. The number of carbonyl (C=O) groups excluding carboxylic acids is 1. The highest BCUT2D eigenvalue weighted by atomic mass is 35.5. The zero-order valence-corrected chi connectivity index (χ0v) is 18.3. The molecule has 0 unspecified atom stereocenters. The van der Waals surface area contributed by atoms with Crippen molar-refractivity contribution < 1.29 is 17.6 Å². The highest BCUT2D eigenvalue weighted by Gasteiger charge is 2.25. The molecule has 0 spiro atoms. The molecule has 9 heteroatoms. The first-order chi connectivity index (χ1) is 13.8. The molecule has 0 atom stereocenters. The monoisotopic (exact) mass is 456 g/mol. The number of nitrogens with zero attached hydrogens (tertiary/aromatic N) is 1. The zero-order valence-electron chi connectivity index (χ0n) is 16.0. The fraction of sp³-hybridized carbons (Fsp3) is 0.350. The van der Waals surface area contributed by atoms with E-state index in [0.29, 0.717) is 41.5 Å². The molecule has 0 bridgehead atoms. The molecular formula is C20H22ClFN2O3S2. The molecular weight excluding hydrogens is 435 g/mol. The molecule has 0 radical (unpaired) electrons. The quantitative estimate of drug-likeness (QED) is 0.610. The maximum absolute atomic E-state index is 13.7. The summed E-state index contributed by atoms with van der Waals surface area (Å²) in [6.45, 7) is 2.60. The summed E-state index contributed by atoms with van der Waals surface area (Å²) in [5.74, 6) is 0.518. The third-order valence-corrected chi connectivity index (χ3v) is 7.51. The van der Waals surface area contributed by atoms with Crippen molar-refractivity contribution in [2.45, 2.75) is 30.4 Å². The Labute approximate surface area is 179 Å². The number of sulfonamides is 1. The van der Waals surface area contributed by atoms with Gasteiger partial charge < -0.3 is 4.90 Å². The van der Waals surface area contributed by atoms with Gasteiger partial charge in [-0.25, -0.2) is 17.5 Å². The van der Waals surface area contributed by atoms with E-state index in [1.54, 1.807) is 36.1 Å². The Morgan fingerprint density at radius 2 is 2.10 bits per heavy atom. The van der Waals surface area contributed by atoms with E-state index in [1.807, 2.05) is 0 Å². The van der Waals surface area contributed by atoms with Crippen LogP contribution in [0.5, 0.6) is 0 Å². The average molecular weight is 457 g/mol. The lowest BCUT2D eigenvalue weighted by molar-refractivity contribution is -0.118. The number of hydrogen-bond acceptors (Lipinski definition) is 4. The van der Waals surface area contributed by atoms with E-state index >= 15 is 0 Å². The van der Waals surface area contributed by atoms with Gasteiger partial charge in [0.2, 0.25) is 15.9 Å². The Morgan fingerprint density at radius 1 is 1.31 bits per heavy atom. The molecule has 0 saturated heterocycles. The van der Waals surface area contributed by atoms with Crippen LogP contribution in [0.2, 0.25) is 5.02 Å². The highest BCUT2D eigenvalue weighted by Crippen LogP contribution is 2.30. The minimum absolute atomic E-state index is 0.0319. The standard InChI is InChI=1S/C20H22ClFN2O3S2/c1-2-20(25)24-10-8-14-12-15(6-7-19(14)24)29(26,27)23-9-11-28-13-16-17(21)4-3-5-18(16)22/h3-7,12,23H,2,8-11,13H2,1H3. The van der Waals surface area contributed by atoms with Gasteiger partial charge >= 0.3 is 0 Å². The summed E-state index contributed by atoms with van der Waals surface area (Å²) in [7, 11) is -3.65. The van der Waals surface area contributed by atoms with Crippen LogP contribution in [-0.4, -0.2) is 33.2 Å². The van der Waals surface area contributed by atoms with Gasteiger partial charge in [-0.05, 0) is 42.3 Å². The Kier molecular flexibility index (Phi) is 7.21. The van der Waals surface area contributed by atoms with Crippen molar-refractivity contribution in [2.24, 2.45) is 0 Å². The third kappa shape index (κ3) is 5.12. The second kappa shape index (κ2) is 9.47. The molecule has 0 aromatic heterocycles. The van der Waals surface area contributed by atoms with Crippen LogP contribution in [0.3, 0.4) is 0 Å². The molecule has 0 fully saturated rings. The van der Waals surface area contributed by atoms with Crippen molar-refractivity contribution in [1.82, 2.24) is 4.72 Å². The highest BCUT2D eigenvalue weighted by molar-refractivity contribution is 7.98. The number of nitrogens with one attached hydrogen (secondary N) is 1. The fourth-order valence-electron chi connectivity index (χ4n) is 3.17. The van der Waals surface area contributed by atoms with Crippen LogP contribution >= 0.6 is 23.4 Å². The lowest BCUT2D eigenvalue weighted by atomic mass is 10.2. The second-order valence-electron chi connectivity index (χ2n) is 6.59. The Balaban J connectivity index is 1.56. The molecule has 1 heterocycles. The minimum atomic E-state index is -3.65. The van der Waals surface area contributed by atoms with Crippen LogP contribution in [0.15, 0.2) is 41.3 Å². The number of carbonyl (C=O) groups is 1. The normalized spacial score (nSPS) is 13.6. The summed E-state index contributed by atoms with van der Waals surface area (Å²) >= 11 is 7.39. The molecule has 0 saturated carbocycles. The van der Waals surface area contributed by atoms with Gasteiger partial charge in [-0.1, -0.05) is 24.6 Å². The van der Waals surface area contributed by atoms with Gasteiger partial charge in [-0.15, -0.1) is 0 Å². The van der Waals surface area contributed by atoms with Crippen LogP contribution in [0.4, 0.5) is 10.1 Å². The number of amides is 1. The van der Waals surface area contributed by atoms with Gasteiger partial charge in [0.15, 0.2) is 0 Å². The number of halogens is 2. The molecule has 1 aliphatic rings. The van der Waals surface area contributed by atoms with Crippen molar-refractivity contribution in [3.8, 4) is 0 Å². The lowest BCUT2D eigenvalue weighted by Crippen LogP contribution is -2.28. The minimum Gasteiger partial charge on any atom is -0.312 e. The molecule has 29 heavy (non-hydrogen) atoms. The fourth-order valence-corrected chi connectivity index (χ4v) is 5.58. The maximum Gasteiger partial charge on any atom is 0.240 e. The molecule has 1 N–H and O–H groups in total. The average Bonchev–Trinajstić information content (AvgIpc) is 3.12. The summed E-state index contributed by atoms with van der Waals surface area (Å²) in [5.41, 5.74) is 2.07. The number of hydrogen-bond donors (Lipinski definition) is 1. The number of fused-ring (bicyclic) bond motifs is 1. The SMILES string of the molecule is CCC(=O)N1CCc2cc(S(=O)(=O)NCCSCc3c(F)cccc3Cl)ccc21. The third-order valence-electron chi connectivity index (χ3n) is 4.71. The van der Waals surface area contributed by atoms with E-state index in [2.05, 4.69) is 4.72 Å². The first-order valence-corrected chi connectivity index (χ1v) is 12.3. The molecule has 5 nitrogen and oxygen atoms in total. The number of thioether (sulfide) groups is 1. The summed E-state index contributed by atoms with van der Waals surface area (Å²) in [5, 5.41) is 0.367. The smallest absolute Gasteiger partial charge is 0.240 e. The van der Waals surface area contributed by atoms with Crippen molar-refractivity contribution >= 4 is 45.0 Å². The number of benzene rings is 2. The van der Waals surface area contributed by atoms with E-state index in [9.17, 15) is 17.6 Å². The van der Waals surface area contributed by atoms with Crippen molar-refractivity contribution in [3.63, 3.8) is 0 Å². The molecule has 2 aromatic carbocycles. The Morgan fingerprint density at radius 3 is 2.83 bits per heavy atom. The number of rotatable bonds is 8. The van der Waals surface area contributed by atoms with Gasteiger partial charge in [0, 0.05) is 47.3 Å². The van der Waals surface area contributed by atoms with Crippen LogP contribution in [0.25, 0.3) is 0 Å². The number of anilines is 1. The first kappa shape index (κ1) is 22.1. The summed E-state index contributed by atoms with van der Waals surface area (Å²) in [6, 6.07) is 9.38. The predicted molar refractivity (Wildman–Crippen MR) is 116 cm³/mol. The van der Waals surface area contributed by atoms with Crippen molar-refractivity contribution in [2.75, 3.05) is 23.7 Å². The first-order valence-electron chi connectivity index (χ1n) is 9.27. The Bertz CT molecular complexity index is 995.